The Labute approximate surface area is 213 Å². The highest BCUT2D eigenvalue weighted by Gasteiger charge is 2.53. The van der Waals surface area contributed by atoms with E-state index in [4.69, 9.17) is 14.7 Å². The number of benzene rings is 1. The summed E-state index contributed by atoms with van der Waals surface area (Å²) in [5.41, 5.74) is 2.81. The second-order valence-corrected chi connectivity index (χ2v) is 9.93. The van der Waals surface area contributed by atoms with Gasteiger partial charge in [-0.25, -0.2) is 4.98 Å². The van der Waals surface area contributed by atoms with Crippen LogP contribution in [0.5, 0.6) is 0 Å². The largest absolute Gasteiger partial charge is 0.378 e. The van der Waals surface area contributed by atoms with Crippen molar-refractivity contribution in [3.8, 4) is 17.3 Å². The highest BCUT2D eigenvalue weighted by atomic mass is 16.5. The van der Waals surface area contributed by atoms with Crippen molar-refractivity contribution in [2.24, 2.45) is 5.41 Å². The van der Waals surface area contributed by atoms with Crippen molar-refractivity contribution in [2.75, 3.05) is 55.7 Å². The smallest absolute Gasteiger partial charge is 0.245 e. The number of hydrogen-bond acceptors (Lipinski definition) is 8. The molecule has 3 saturated heterocycles. The topological polar surface area (TPSA) is 131 Å². The molecule has 0 saturated carbocycles. The molecule has 0 bridgehead atoms. The maximum absolute atomic E-state index is 13.4. The van der Waals surface area contributed by atoms with Crippen LogP contribution in [0, 0.1) is 23.7 Å². The minimum Gasteiger partial charge on any atom is -0.378 e. The summed E-state index contributed by atoms with van der Waals surface area (Å²) < 4.78 is 5.52. The van der Waals surface area contributed by atoms with Crippen molar-refractivity contribution >= 4 is 34.5 Å². The van der Waals surface area contributed by atoms with Crippen molar-refractivity contribution < 1.29 is 14.3 Å². The Bertz CT molecular complexity index is 1480. The number of morpholine rings is 1. The number of hydrogen-bond donors (Lipinski definition) is 1. The molecule has 11 heteroatoms. The molecule has 1 aromatic carbocycles. The fraction of sp³-hybridized carbons (Fsp3) is 0.385. The van der Waals surface area contributed by atoms with Crippen molar-refractivity contribution in [1.82, 2.24) is 25.1 Å². The number of nitrogens with one attached hydrogen (secondary N) is 1. The number of carbonyl (C=O) groups excluding carboxylic acids is 2. The number of aromatic amines is 1. The fourth-order valence-corrected chi connectivity index (χ4v) is 5.59. The first-order chi connectivity index (χ1) is 17.9. The molecule has 3 aliphatic heterocycles. The number of amides is 2. The maximum Gasteiger partial charge on any atom is 0.245 e. The van der Waals surface area contributed by atoms with E-state index >= 15 is 0 Å². The van der Waals surface area contributed by atoms with Gasteiger partial charge in [-0.05, 0) is 18.6 Å². The number of anilines is 2. The maximum atomic E-state index is 13.4. The van der Waals surface area contributed by atoms with E-state index in [1.54, 1.807) is 16.0 Å². The van der Waals surface area contributed by atoms with Crippen molar-refractivity contribution in [2.45, 2.75) is 13.3 Å². The van der Waals surface area contributed by atoms with Gasteiger partial charge in [0.1, 0.15) is 11.6 Å². The van der Waals surface area contributed by atoms with Gasteiger partial charge in [0.25, 0.3) is 0 Å². The third-order valence-corrected chi connectivity index (χ3v) is 7.46. The summed E-state index contributed by atoms with van der Waals surface area (Å²) >= 11 is 0. The van der Waals surface area contributed by atoms with Crippen molar-refractivity contribution in [3.63, 3.8) is 0 Å². The van der Waals surface area contributed by atoms with E-state index in [-0.39, 0.29) is 22.8 Å². The molecular formula is C26H26N8O3. The van der Waals surface area contributed by atoms with Crippen LogP contribution >= 0.6 is 0 Å². The van der Waals surface area contributed by atoms with Crippen molar-refractivity contribution in [3.05, 3.63) is 42.1 Å². The third-order valence-electron chi connectivity index (χ3n) is 7.46. The monoisotopic (exact) mass is 498 g/mol. The number of nitrogens with zero attached hydrogens (tertiary/aromatic N) is 7. The van der Waals surface area contributed by atoms with E-state index < -0.39 is 0 Å². The molecule has 3 aliphatic rings. The Morgan fingerprint density at radius 3 is 2.76 bits per heavy atom. The molecular weight excluding hydrogens is 472 g/mol. The van der Waals surface area contributed by atoms with Crippen LogP contribution in [0.15, 0.2) is 31.0 Å². The van der Waals surface area contributed by atoms with Gasteiger partial charge in [-0.2, -0.15) is 15.3 Å². The third kappa shape index (κ3) is 3.72. The van der Waals surface area contributed by atoms with E-state index in [0.717, 1.165) is 22.0 Å². The predicted molar refractivity (Wildman–Crippen MR) is 136 cm³/mol. The Balaban J connectivity index is 1.48. The van der Waals surface area contributed by atoms with E-state index in [1.807, 2.05) is 24.0 Å². The second-order valence-electron chi connectivity index (χ2n) is 9.93. The standard InChI is InChI=1S/C26H26N8O3/c1-3-19(35)33-13-26(14-33)10-20(36)34(15-26)24-18(11-27)23(29-25(30-24)32-6-8-37-9-7-32)21-16(2)4-5-17-12-28-31-22(17)21/h3-5,12H,1,6-10,13-15H2,2H3,(H,28,31). The first-order valence-corrected chi connectivity index (χ1v) is 12.2. The molecule has 1 N–H and O–H groups in total. The molecule has 0 atom stereocenters. The van der Waals surface area contributed by atoms with Crippen LogP contribution in [0.2, 0.25) is 0 Å². The molecule has 11 nitrogen and oxygen atoms in total. The summed E-state index contributed by atoms with van der Waals surface area (Å²) in [5.74, 6) is 0.502. The predicted octanol–water partition coefficient (Wildman–Crippen LogP) is 1.79. The van der Waals surface area contributed by atoms with Crippen LogP contribution in [0.1, 0.15) is 17.5 Å². The molecule has 2 amide bonds. The zero-order valence-corrected chi connectivity index (χ0v) is 20.5. The lowest BCUT2D eigenvalue weighted by Crippen LogP contribution is -2.59. The van der Waals surface area contributed by atoms with Gasteiger partial charge in [0.15, 0.2) is 5.82 Å². The van der Waals surface area contributed by atoms with Gasteiger partial charge < -0.3 is 14.5 Å². The Morgan fingerprint density at radius 1 is 1.24 bits per heavy atom. The summed E-state index contributed by atoms with van der Waals surface area (Å²) in [4.78, 5) is 40.4. The molecule has 6 rings (SSSR count). The van der Waals surface area contributed by atoms with Crippen LogP contribution in [-0.2, 0) is 14.3 Å². The van der Waals surface area contributed by atoms with Crippen LogP contribution in [0.3, 0.4) is 0 Å². The van der Waals surface area contributed by atoms with E-state index in [9.17, 15) is 14.9 Å². The first-order valence-electron chi connectivity index (χ1n) is 12.2. The lowest BCUT2D eigenvalue weighted by Gasteiger charge is -2.47. The van der Waals surface area contributed by atoms with Gasteiger partial charge in [0, 0.05) is 55.5 Å². The van der Waals surface area contributed by atoms with Gasteiger partial charge in [-0.3, -0.25) is 19.6 Å². The Hall–Kier alpha value is -4.30. The second kappa shape index (κ2) is 8.67. The van der Waals surface area contributed by atoms with Gasteiger partial charge in [-0.1, -0.05) is 18.7 Å². The average Bonchev–Trinajstić information content (AvgIpc) is 3.51. The SMILES string of the molecule is C=CC(=O)N1CC2(CC(=O)N(c3nc(N4CCOCC4)nc(-c4c(C)ccc5cn[nH]c45)c3C#N)C2)C1. The van der Waals surface area contributed by atoms with Crippen LogP contribution < -0.4 is 9.80 Å². The molecule has 188 valence electrons. The Morgan fingerprint density at radius 2 is 2.03 bits per heavy atom. The highest BCUT2D eigenvalue weighted by Crippen LogP contribution is 2.44. The molecule has 0 radical (unpaired) electrons. The van der Waals surface area contributed by atoms with E-state index in [0.29, 0.717) is 69.8 Å². The molecule has 3 fully saturated rings. The van der Waals surface area contributed by atoms with Gasteiger partial charge in [-0.15, -0.1) is 0 Å². The molecule has 37 heavy (non-hydrogen) atoms. The van der Waals surface area contributed by atoms with Crippen molar-refractivity contribution in [1.29, 1.82) is 5.26 Å². The number of ether oxygens (including phenoxy) is 1. The van der Waals surface area contributed by atoms with Gasteiger partial charge >= 0.3 is 0 Å². The quantitative estimate of drug-likeness (QED) is 0.539. The first kappa shape index (κ1) is 23.1. The Kier molecular flexibility index (Phi) is 5.42. The molecule has 3 aromatic rings. The minimum atomic E-state index is -0.355. The average molecular weight is 499 g/mol. The number of likely N-dealkylation sites (tertiary alicyclic amines) is 1. The number of H-pyrrole nitrogens is 1. The van der Waals surface area contributed by atoms with Crippen LogP contribution in [0.25, 0.3) is 22.2 Å². The molecule has 2 aromatic heterocycles. The molecule has 0 aliphatic carbocycles. The zero-order valence-electron chi connectivity index (χ0n) is 20.5. The fourth-order valence-electron chi connectivity index (χ4n) is 5.59. The molecule has 1 spiro atoms. The molecule has 5 heterocycles. The van der Waals surface area contributed by atoms with E-state index in [2.05, 4.69) is 22.8 Å². The normalized spacial score (nSPS) is 18.8. The summed E-state index contributed by atoms with van der Waals surface area (Å²) in [6.45, 7) is 9.15. The summed E-state index contributed by atoms with van der Waals surface area (Å²) in [7, 11) is 0. The number of rotatable bonds is 4. The van der Waals surface area contributed by atoms with Gasteiger partial charge in [0.05, 0.1) is 30.6 Å². The number of aromatic nitrogens is 4. The zero-order chi connectivity index (χ0) is 25.7. The summed E-state index contributed by atoms with van der Waals surface area (Å²) in [6, 6.07) is 6.24. The van der Waals surface area contributed by atoms with E-state index in [1.165, 1.54) is 6.08 Å². The minimum absolute atomic E-state index is 0.115. The lowest BCUT2D eigenvalue weighted by molar-refractivity contribution is -0.138. The summed E-state index contributed by atoms with van der Waals surface area (Å²) in [5, 5.41) is 18.5. The number of fused-ring (bicyclic) bond motifs is 1. The number of aryl methyl sites for hydroxylation is 1. The molecule has 0 unspecified atom stereocenters. The summed E-state index contributed by atoms with van der Waals surface area (Å²) in [6.07, 6.45) is 3.31. The van der Waals surface area contributed by atoms with Gasteiger partial charge in [0.2, 0.25) is 17.8 Å². The highest BCUT2D eigenvalue weighted by molar-refractivity contribution is 6.01. The number of carbonyl (C=O) groups is 2. The lowest BCUT2D eigenvalue weighted by atomic mass is 9.79. The van der Waals surface area contributed by atoms with Crippen LogP contribution in [0.4, 0.5) is 11.8 Å². The number of nitriles is 1. The van der Waals surface area contributed by atoms with Crippen LogP contribution in [-0.4, -0.2) is 82.8 Å².